The van der Waals surface area contributed by atoms with Crippen molar-refractivity contribution in [3.05, 3.63) is 60.7 Å². The van der Waals surface area contributed by atoms with Crippen LogP contribution in [0.5, 0.6) is 5.75 Å². The number of aliphatic hydroxyl groups is 1. The zero-order chi connectivity index (χ0) is 13.0. The Morgan fingerprint density at radius 2 is 1.56 bits per heavy atom. The fraction of sp³-hybridized carbons (Fsp3) is 0.143. The normalized spacial score (nSPS) is 10.4. The molecule has 0 aliphatic rings. The number of hydrogen-bond acceptors (Lipinski definition) is 2. The average Bonchev–Trinajstić information content (AvgIpc) is 2.38. The van der Waals surface area contributed by atoms with Crippen molar-refractivity contribution in [1.82, 2.24) is 0 Å². The molecule has 0 radical (unpaired) electrons. The van der Waals surface area contributed by atoms with E-state index in [0.717, 1.165) is 24.0 Å². The summed E-state index contributed by atoms with van der Waals surface area (Å²) in [5, 5.41) is 9.14. The molecule has 1 N–H and O–H groups in total. The molecular weight excluding hydrogens is 454 g/mol. The first kappa shape index (κ1) is 14.1. The lowest BCUT2D eigenvalue weighted by Gasteiger charge is -2.11. The summed E-state index contributed by atoms with van der Waals surface area (Å²) in [6, 6.07) is 14.0. The summed E-state index contributed by atoms with van der Waals surface area (Å²) in [6.45, 7) is 0.621. The van der Waals surface area contributed by atoms with E-state index in [0.29, 0.717) is 6.61 Å². The van der Waals surface area contributed by atoms with Crippen molar-refractivity contribution in [3.8, 4) is 5.75 Å². The van der Waals surface area contributed by atoms with Crippen molar-refractivity contribution >= 4 is 45.2 Å². The third kappa shape index (κ3) is 3.58. The highest BCUT2D eigenvalue weighted by atomic mass is 127. The van der Waals surface area contributed by atoms with E-state index in [1.807, 2.05) is 42.5 Å². The summed E-state index contributed by atoms with van der Waals surface area (Å²) >= 11 is 4.47. The molecule has 0 aromatic heterocycles. The van der Waals surface area contributed by atoms with Crippen molar-refractivity contribution in [3.63, 3.8) is 0 Å². The molecule has 0 atom stereocenters. The predicted octanol–water partition coefficient (Wildman–Crippen LogP) is 3.97. The maximum absolute atomic E-state index is 9.14. The van der Waals surface area contributed by atoms with Crippen molar-refractivity contribution in [2.45, 2.75) is 13.2 Å². The monoisotopic (exact) mass is 466 g/mol. The summed E-state index contributed by atoms with van der Waals surface area (Å²) in [6.07, 6.45) is 0. The molecule has 0 aliphatic carbocycles. The van der Waals surface area contributed by atoms with Gasteiger partial charge >= 0.3 is 0 Å². The molecular formula is C14H12I2O2. The third-order valence-corrected chi connectivity index (χ3v) is 4.07. The highest BCUT2D eigenvalue weighted by molar-refractivity contribution is 14.1. The molecule has 2 rings (SSSR count). The van der Waals surface area contributed by atoms with Gasteiger partial charge in [0.15, 0.2) is 0 Å². The number of aliphatic hydroxyl groups excluding tert-OH is 1. The van der Waals surface area contributed by atoms with Gasteiger partial charge in [0.2, 0.25) is 0 Å². The Kier molecular flexibility index (Phi) is 5.25. The molecule has 2 nitrogen and oxygen atoms in total. The van der Waals surface area contributed by atoms with Crippen LogP contribution >= 0.6 is 45.2 Å². The quantitative estimate of drug-likeness (QED) is 0.692. The van der Waals surface area contributed by atoms with Gasteiger partial charge in [0.05, 0.1) is 13.7 Å². The van der Waals surface area contributed by atoms with E-state index in [1.165, 1.54) is 0 Å². The first-order valence-corrected chi connectivity index (χ1v) is 7.62. The number of benzene rings is 2. The Hall–Kier alpha value is -0.340. The van der Waals surface area contributed by atoms with E-state index in [-0.39, 0.29) is 6.61 Å². The molecule has 94 valence electrons. The van der Waals surface area contributed by atoms with Crippen LogP contribution in [0.4, 0.5) is 0 Å². The second-order valence-corrected chi connectivity index (χ2v) is 6.15. The molecule has 0 heterocycles. The minimum Gasteiger partial charge on any atom is -0.487 e. The molecule has 0 fully saturated rings. The molecule has 2 aromatic carbocycles. The van der Waals surface area contributed by atoms with Gasteiger partial charge in [-0.15, -0.1) is 0 Å². The van der Waals surface area contributed by atoms with Gasteiger partial charge in [-0.3, -0.25) is 0 Å². The van der Waals surface area contributed by atoms with Gasteiger partial charge in [0.25, 0.3) is 0 Å². The van der Waals surface area contributed by atoms with Crippen LogP contribution in [0.15, 0.2) is 42.5 Å². The van der Waals surface area contributed by atoms with E-state index in [1.54, 1.807) is 0 Å². The van der Waals surface area contributed by atoms with E-state index < -0.39 is 0 Å². The standard InChI is InChI=1S/C14H12I2O2/c15-12-6-11(8-17)7-13(16)14(12)18-9-10-4-2-1-3-5-10/h1-7,17H,8-9H2. The zero-order valence-corrected chi connectivity index (χ0v) is 13.9. The van der Waals surface area contributed by atoms with Crippen molar-refractivity contribution in [1.29, 1.82) is 0 Å². The van der Waals surface area contributed by atoms with Gasteiger partial charge in [-0.2, -0.15) is 0 Å². The van der Waals surface area contributed by atoms with Crippen molar-refractivity contribution in [2.24, 2.45) is 0 Å². The van der Waals surface area contributed by atoms with Crippen LogP contribution in [-0.4, -0.2) is 5.11 Å². The number of halogens is 2. The molecule has 0 aliphatic heterocycles. The Morgan fingerprint density at radius 1 is 0.944 bits per heavy atom. The maximum atomic E-state index is 9.14. The molecule has 0 saturated heterocycles. The van der Waals surface area contributed by atoms with Crippen LogP contribution in [0, 0.1) is 7.14 Å². The van der Waals surface area contributed by atoms with Crippen LogP contribution in [0.1, 0.15) is 11.1 Å². The zero-order valence-electron chi connectivity index (χ0n) is 9.57. The van der Waals surface area contributed by atoms with Crippen LogP contribution in [0.2, 0.25) is 0 Å². The summed E-state index contributed by atoms with van der Waals surface area (Å²) < 4.78 is 7.91. The van der Waals surface area contributed by atoms with Gasteiger partial charge in [0.1, 0.15) is 12.4 Å². The predicted molar refractivity (Wildman–Crippen MR) is 88.6 cm³/mol. The molecule has 0 spiro atoms. The highest BCUT2D eigenvalue weighted by Gasteiger charge is 2.08. The van der Waals surface area contributed by atoms with Gasteiger partial charge in [0, 0.05) is 0 Å². The molecule has 0 bridgehead atoms. The number of ether oxygens (including phenoxy) is 1. The van der Waals surface area contributed by atoms with Crippen LogP contribution in [-0.2, 0) is 13.2 Å². The number of hydrogen-bond donors (Lipinski definition) is 1. The van der Waals surface area contributed by atoms with Crippen LogP contribution in [0.3, 0.4) is 0 Å². The summed E-state index contributed by atoms with van der Waals surface area (Å²) in [5.74, 6) is 0.886. The maximum Gasteiger partial charge on any atom is 0.146 e. The van der Waals surface area contributed by atoms with E-state index in [4.69, 9.17) is 9.84 Å². The SMILES string of the molecule is OCc1cc(I)c(OCc2ccccc2)c(I)c1. The summed E-state index contributed by atoms with van der Waals surface area (Å²) in [5.41, 5.74) is 2.06. The fourth-order valence-corrected chi connectivity index (χ4v) is 3.78. The molecule has 0 saturated carbocycles. The van der Waals surface area contributed by atoms with Gasteiger partial charge in [-0.25, -0.2) is 0 Å². The second-order valence-electron chi connectivity index (χ2n) is 3.82. The van der Waals surface area contributed by atoms with Crippen molar-refractivity contribution in [2.75, 3.05) is 0 Å². The Morgan fingerprint density at radius 3 is 2.11 bits per heavy atom. The van der Waals surface area contributed by atoms with Gasteiger partial charge in [-0.05, 0) is 68.4 Å². The Bertz CT molecular complexity index is 504. The largest absolute Gasteiger partial charge is 0.487 e. The molecule has 2 aromatic rings. The average molecular weight is 466 g/mol. The van der Waals surface area contributed by atoms with E-state index in [2.05, 4.69) is 45.2 Å². The molecule has 18 heavy (non-hydrogen) atoms. The minimum absolute atomic E-state index is 0.0605. The first-order chi connectivity index (χ1) is 8.70. The Balaban J connectivity index is 2.15. The lowest BCUT2D eigenvalue weighted by Crippen LogP contribution is -2.00. The molecule has 0 amide bonds. The number of rotatable bonds is 4. The minimum atomic E-state index is 0.0605. The van der Waals surface area contributed by atoms with Gasteiger partial charge in [-0.1, -0.05) is 30.3 Å². The lowest BCUT2D eigenvalue weighted by molar-refractivity contribution is 0.280. The topological polar surface area (TPSA) is 29.5 Å². The van der Waals surface area contributed by atoms with E-state index in [9.17, 15) is 0 Å². The Labute approximate surface area is 134 Å². The highest BCUT2D eigenvalue weighted by Crippen LogP contribution is 2.29. The first-order valence-electron chi connectivity index (χ1n) is 5.46. The smallest absolute Gasteiger partial charge is 0.146 e. The third-order valence-electron chi connectivity index (χ3n) is 2.47. The lowest BCUT2D eigenvalue weighted by atomic mass is 10.2. The summed E-state index contributed by atoms with van der Waals surface area (Å²) in [4.78, 5) is 0. The van der Waals surface area contributed by atoms with Crippen LogP contribution in [0.25, 0.3) is 0 Å². The molecule has 4 heteroatoms. The van der Waals surface area contributed by atoms with Crippen LogP contribution < -0.4 is 4.74 Å². The fourth-order valence-electron chi connectivity index (χ4n) is 1.57. The van der Waals surface area contributed by atoms with E-state index >= 15 is 0 Å². The van der Waals surface area contributed by atoms with Crippen molar-refractivity contribution < 1.29 is 9.84 Å². The molecule has 0 unspecified atom stereocenters. The second kappa shape index (κ2) is 6.72. The summed E-state index contributed by atoms with van der Waals surface area (Å²) in [7, 11) is 0. The van der Waals surface area contributed by atoms with Gasteiger partial charge < -0.3 is 9.84 Å².